The Morgan fingerprint density at radius 2 is 0.898 bits per heavy atom. The van der Waals surface area contributed by atoms with Gasteiger partial charge in [-0.25, -0.2) is 4.98 Å². The lowest BCUT2D eigenvalue weighted by Crippen LogP contribution is -2.22. The van der Waals surface area contributed by atoms with Crippen molar-refractivity contribution < 1.29 is 0 Å². The molecule has 0 bridgehead atoms. The summed E-state index contributed by atoms with van der Waals surface area (Å²) in [5.74, 6) is 1.89. The zero-order valence-electron chi connectivity index (χ0n) is 28.1. The first-order valence-corrected chi connectivity index (χ1v) is 17.0. The van der Waals surface area contributed by atoms with Gasteiger partial charge in [-0.1, -0.05) is 155 Å². The van der Waals surface area contributed by atoms with Crippen molar-refractivity contribution in [3.05, 3.63) is 168 Å². The van der Waals surface area contributed by atoms with Gasteiger partial charge in [-0.15, -0.1) is 0 Å². The van der Waals surface area contributed by atoms with E-state index in [1.807, 2.05) is 18.2 Å². The van der Waals surface area contributed by atoms with Gasteiger partial charge in [0.05, 0.1) is 5.69 Å². The molecule has 0 fully saturated rings. The van der Waals surface area contributed by atoms with Gasteiger partial charge in [0.2, 0.25) is 5.95 Å². The minimum Gasteiger partial charge on any atom is -0.279 e. The highest BCUT2D eigenvalue weighted by Crippen LogP contribution is 2.55. The van der Waals surface area contributed by atoms with Gasteiger partial charge < -0.3 is 0 Å². The summed E-state index contributed by atoms with van der Waals surface area (Å²) >= 11 is 0. The van der Waals surface area contributed by atoms with Crippen LogP contribution in [0.3, 0.4) is 0 Å². The summed E-state index contributed by atoms with van der Waals surface area (Å²) in [6.07, 6.45) is 0. The Labute approximate surface area is 287 Å². The first-order valence-electron chi connectivity index (χ1n) is 17.0. The second-order valence-electron chi connectivity index (χ2n) is 14.1. The second kappa shape index (κ2) is 10.8. The normalized spacial score (nSPS) is 14.4. The summed E-state index contributed by atoms with van der Waals surface area (Å²) in [7, 11) is 0. The molecule has 1 heterocycles. The van der Waals surface area contributed by atoms with Gasteiger partial charge in [0.1, 0.15) is 0 Å². The first kappa shape index (κ1) is 29.3. The lowest BCUT2D eigenvalue weighted by atomic mass is 9.80. The molecule has 6 aromatic carbocycles. The van der Waals surface area contributed by atoms with Gasteiger partial charge in [0.15, 0.2) is 11.6 Å². The van der Waals surface area contributed by atoms with E-state index in [0.29, 0.717) is 17.6 Å². The number of benzene rings is 6. The minimum absolute atomic E-state index is 0.225. The monoisotopic (exact) mass is 632 g/mol. The predicted octanol–water partition coefficient (Wildman–Crippen LogP) is 11.3. The molecular formula is C45H36N4. The average molecular weight is 633 g/mol. The Morgan fingerprint density at radius 3 is 1.57 bits per heavy atom. The molecule has 7 aromatic rings. The van der Waals surface area contributed by atoms with Crippen molar-refractivity contribution in [3.63, 3.8) is 0 Å². The van der Waals surface area contributed by atoms with Crippen LogP contribution in [0.25, 0.3) is 45.0 Å². The van der Waals surface area contributed by atoms with Crippen molar-refractivity contribution in [2.45, 2.75) is 38.5 Å². The number of fused-ring (bicyclic) bond motifs is 6. The van der Waals surface area contributed by atoms with E-state index in [4.69, 9.17) is 15.0 Å². The van der Waals surface area contributed by atoms with Crippen LogP contribution in [0.1, 0.15) is 49.9 Å². The van der Waals surface area contributed by atoms with E-state index < -0.39 is 0 Å². The molecule has 0 radical (unpaired) electrons. The molecule has 0 amide bonds. The largest absolute Gasteiger partial charge is 0.279 e. The van der Waals surface area contributed by atoms with Crippen LogP contribution < -0.4 is 4.90 Å². The Hall–Kier alpha value is -5.87. The highest BCUT2D eigenvalue weighted by Gasteiger charge is 2.40. The van der Waals surface area contributed by atoms with Crippen molar-refractivity contribution in [2.24, 2.45) is 0 Å². The number of nitrogens with zero attached hydrogens (tertiary/aromatic N) is 4. The SMILES string of the molecule is CC1(C)c2ccccc2-c2cccc(-c3nc(-c4ccccc4)nc(N(c4ccccc4)c4cccc5c4C(C)(C)c4ccccc4-5)n3)c21. The number of hydrogen-bond acceptors (Lipinski definition) is 4. The molecule has 49 heavy (non-hydrogen) atoms. The van der Waals surface area contributed by atoms with Crippen LogP contribution in [0, 0.1) is 0 Å². The molecule has 4 heteroatoms. The molecule has 1 aromatic heterocycles. The van der Waals surface area contributed by atoms with Gasteiger partial charge >= 0.3 is 0 Å². The number of rotatable bonds is 5. The fourth-order valence-corrected chi connectivity index (χ4v) is 8.28. The van der Waals surface area contributed by atoms with Gasteiger partial charge in [-0.2, -0.15) is 9.97 Å². The molecule has 0 N–H and O–H groups in total. The number of para-hydroxylation sites is 1. The Bertz CT molecular complexity index is 2390. The molecular weight excluding hydrogens is 597 g/mol. The molecule has 0 spiro atoms. The summed E-state index contributed by atoms with van der Waals surface area (Å²) in [4.78, 5) is 18.2. The molecule has 0 atom stereocenters. The highest BCUT2D eigenvalue weighted by molar-refractivity contribution is 5.91. The Morgan fingerprint density at radius 1 is 0.408 bits per heavy atom. The molecule has 4 nitrogen and oxygen atoms in total. The minimum atomic E-state index is -0.232. The van der Waals surface area contributed by atoms with Crippen molar-refractivity contribution in [1.82, 2.24) is 15.0 Å². The molecule has 0 unspecified atom stereocenters. The van der Waals surface area contributed by atoms with Crippen LogP contribution in [0.4, 0.5) is 17.3 Å². The summed E-state index contributed by atoms with van der Waals surface area (Å²) in [6.45, 7) is 9.27. The summed E-state index contributed by atoms with van der Waals surface area (Å²) in [6, 6.07) is 51.4. The highest BCUT2D eigenvalue weighted by atomic mass is 15.3. The third kappa shape index (κ3) is 4.40. The number of hydrogen-bond donors (Lipinski definition) is 0. The Kier molecular flexibility index (Phi) is 6.47. The standard InChI is InChI=1S/C45H36N4/c1-44(2)36-26-13-11-21-31(36)33-23-15-25-35(39(33)44)42-46-41(29-17-7-5-8-18-29)47-43(48-42)49(30-19-9-6-10-20-30)38-28-16-24-34-32-22-12-14-27-37(32)45(3,4)40(34)38/h5-28H,1-4H3. The number of aromatic nitrogens is 3. The second-order valence-corrected chi connectivity index (χ2v) is 14.1. The molecule has 0 aliphatic heterocycles. The van der Waals surface area contributed by atoms with Crippen molar-refractivity contribution in [1.29, 1.82) is 0 Å². The van der Waals surface area contributed by atoms with Gasteiger partial charge in [0, 0.05) is 27.6 Å². The zero-order chi connectivity index (χ0) is 33.3. The van der Waals surface area contributed by atoms with Crippen LogP contribution in [0.5, 0.6) is 0 Å². The van der Waals surface area contributed by atoms with E-state index in [1.165, 1.54) is 44.5 Å². The maximum Gasteiger partial charge on any atom is 0.238 e. The average Bonchev–Trinajstić information content (AvgIpc) is 3.53. The van der Waals surface area contributed by atoms with Crippen LogP contribution in [-0.2, 0) is 10.8 Å². The maximum atomic E-state index is 5.41. The van der Waals surface area contributed by atoms with Gasteiger partial charge in [-0.3, -0.25) is 4.90 Å². The quantitative estimate of drug-likeness (QED) is 0.189. The van der Waals surface area contributed by atoms with E-state index in [2.05, 4.69) is 160 Å². The van der Waals surface area contributed by atoms with Crippen molar-refractivity contribution >= 4 is 17.3 Å². The predicted molar refractivity (Wildman–Crippen MR) is 201 cm³/mol. The smallest absolute Gasteiger partial charge is 0.238 e. The lowest BCUT2D eigenvalue weighted by molar-refractivity contribution is 0.660. The zero-order valence-corrected chi connectivity index (χ0v) is 28.1. The van der Waals surface area contributed by atoms with Crippen molar-refractivity contribution in [2.75, 3.05) is 4.90 Å². The molecule has 2 aliphatic carbocycles. The third-order valence-corrected chi connectivity index (χ3v) is 10.5. The van der Waals surface area contributed by atoms with Gasteiger partial charge in [0.25, 0.3) is 0 Å². The Balaban J connectivity index is 1.33. The summed E-state index contributed by atoms with van der Waals surface area (Å²) < 4.78 is 0. The molecule has 2 aliphatic rings. The van der Waals surface area contributed by atoms with E-state index >= 15 is 0 Å². The first-order chi connectivity index (χ1) is 23.8. The summed E-state index contributed by atoms with van der Waals surface area (Å²) in [5, 5.41) is 0. The van der Waals surface area contributed by atoms with E-state index in [1.54, 1.807) is 0 Å². The van der Waals surface area contributed by atoms with E-state index in [9.17, 15) is 0 Å². The topological polar surface area (TPSA) is 41.9 Å². The molecule has 9 rings (SSSR count). The van der Waals surface area contributed by atoms with Crippen LogP contribution in [0.15, 0.2) is 146 Å². The fraction of sp³-hybridized carbons (Fsp3) is 0.133. The van der Waals surface area contributed by atoms with Gasteiger partial charge in [-0.05, 0) is 62.7 Å². The third-order valence-electron chi connectivity index (χ3n) is 10.5. The van der Waals surface area contributed by atoms with Crippen LogP contribution in [0.2, 0.25) is 0 Å². The van der Waals surface area contributed by atoms with E-state index in [-0.39, 0.29) is 10.8 Å². The molecule has 0 saturated heterocycles. The van der Waals surface area contributed by atoms with Crippen LogP contribution in [-0.4, -0.2) is 15.0 Å². The van der Waals surface area contributed by atoms with Crippen molar-refractivity contribution in [3.8, 4) is 45.0 Å². The van der Waals surface area contributed by atoms with E-state index in [0.717, 1.165) is 22.5 Å². The number of anilines is 3. The maximum absolute atomic E-state index is 5.41. The lowest BCUT2D eigenvalue weighted by Gasteiger charge is -2.31. The molecule has 0 saturated carbocycles. The summed E-state index contributed by atoms with van der Waals surface area (Å²) in [5.41, 5.74) is 13.8. The van der Waals surface area contributed by atoms with Crippen LogP contribution >= 0.6 is 0 Å². The fourth-order valence-electron chi connectivity index (χ4n) is 8.28. The molecule has 236 valence electrons.